The Bertz CT molecular complexity index is 49.7. The Morgan fingerprint density at radius 3 is 2.75 bits per heavy atom. The van der Waals surface area contributed by atoms with E-state index in [1.54, 1.807) is 11.8 Å². The molecule has 0 aliphatic rings. The van der Waals surface area contributed by atoms with Gasteiger partial charge in [-0.2, -0.15) is 0 Å². The minimum atomic E-state index is 0.540. The second-order valence-electron chi connectivity index (χ2n) is 1.62. The Hall–Kier alpha value is 0.270. The predicted octanol–water partition coefficient (Wildman–Crippen LogP) is 0.244. The van der Waals surface area contributed by atoms with E-state index in [0.29, 0.717) is 5.37 Å². The highest BCUT2D eigenvalue weighted by atomic mass is 32.2. The minimum Gasteiger partial charge on any atom is -0.329 e. The van der Waals surface area contributed by atoms with Crippen molar-refractivity contribution in [3.8, 4) is 0 Å². The molecule has 0 radical (unpaired) electrons. The number of hydrogen-bond donors (Lipinski definition) is 2. The molecule has 0 heterocycles. The molecule has 3 N–H and O–H groups in total. The Balaban J connectivity index is 2.86. The van der Waals surface area contributed by atoms with Crippen LogP contribution in [0.15, 0.2) is 0 Å². The third-order valence-corrected chi connectivity index (χ3v) is 1.80. The molecule has 2 nitrogen and oxygen atoms in total. The first-order chi connectivity index (χ1) is 3.81. The summed E-state index contributed by atoms with van der Waals surface area (Å²) < 4.78 is 0. The van der Waals surface area contributed by atoms with E-state index in [4.69, 9.17) is 5.73 Å². The fraction of sp³-hybridized carbons (Fsp3) is 1.00. The molecule has 0 amide bonds. The van der Waals surface area contributed by atoms with Crippen LogP contribution in [-0.2, 0) is 0 Å². The summed E-state index contributed by atoms with van der Waals surface area (Å²) in [6.07, 6.45) is 2.08. The smallest absolute Gasteiger partial charge is 0.0501 e. The molecule has 50 valence electrons. The first-order valence-corrected chi connectivity index (χ1v) is 4.06. The van der Waals surface area contributed by atoms with Gasteiger partial charge in [-0.15, -0.1) is 11.8 Å². The van der Waals surface area contributed by atoms with Crippen LogP contribution < -0.4 is 11.1 Å². The molecule has 0 fully saturated rings. The van der Waals surface area contributed by atoms with E-state index in [0.717, 1.165) is 13.1 Å². The van der Waals surface area contributed by atoms with Crippen molar-refractivity contribution in [1.82, 2.24) is 5.32 Å². The monoisotopic (exact) mass is 134 g/mol. The van der Waals surface area contributed by atoms with Gasteiger partial charge in [0.2, 0.25) is 0 Å². The molecule has 0 aliphatic heterocycles. The Labute approximate surface area is 55.2 Å². The summed E-state index contributed by atoms with van der Waals surface area (Å²) >= 11 is 1.80. The lowest BCUT2D eigenvalue weighted by Crippen LogP contribution is -2.28. The van der Waals surface area contributed by atoms with E-state index >= 15 is 0 Å². The van der Waals surface area contributed by atoms with Gasteiger partial charge in [0.1, 0.15) is 0 Å². The van der Waals surface area contributed by atoms with Crippen molar-refractivity contribution < 1.29 is 0 Å². The highest BCUT2D eigenvalue weighted by Gasteiger charge is 1.92. The van der Waals surface area contributed by atoms with Gasteiger partial charge in [0.25, 0.3) is 0 Å². The average Bonchev–Trinajstić information content (AvgIpc) is 1.83. The van der Waals surface area contributed by atoms with E-state index in [1.165, 1.54) is 0 Å². The first-order valence-electron chi connectivity index (χ1n) is 2.77. The lowest BCUT2D eigenvalue weighted by atomic mass is 10.6. The van der Waals surface area contributed by atoms with Crippen molar-refractivity contribution in [2.24, 2.45) is 5.73 Å². The van der Waals surface area contributed by atoms with Crippen LogP contribution >= 0.6 is 11.8 Å². The van der Waals surface area contributed by atoms with Gasteiger partial charge in [-0.3, -0.25) is 0 Å². The van der Waals surface area contributed by atoms with Crippen LogP contribution in [0.2, 0.25) is 0 Å². The highest BCUT2D eigenvalue weighted by molar-refractivity contribution is 7.99. The molecule has 0 saturated carbocycles. The summed E-state index contributed by atoms with van der Waals surface area (Å²) in [7, 11) is 0. The van der Waals surface area contributed by atoms with Crippen molar-refractivity contribution in [2.75, 3.05) is 19.3 Å². The number of rotatable bonds is 4. The fourth-order valence-electron chi connectivity index (χ4n) is 0.370. The summed E-state index contributed by atoms with van der Waals surface area (Å²) in [5, 5.41) is 3.76. The Morgan fingerprint density at radius 2 is 2.38 bits per heavy atom. The molecule has 3 heteroatoms. The van der Waals surface area contributed by atoms with Crippen LogP contribution in [0, 0.1) is 0 Å². The number of nitrogens with one attached hydrogen (secondary N) is 1. The molecule has 8 heavy (non-hydrogen) atoms. The molecule has 0 aromatic carbocycles. The summed E-state index contributed by atoms with van der Waals surface area (Å²) in [5.41, 5.74) is 5.26. The van der Waals surface area contributed by atoms with Gasteiger partial charge in [-0.25, -0.2) is 0 Å². The molecular formula is C5H14N2S. The van der Waals surface area contributed by atoms with Crippen LogP contribution in [0.25, 0.3) is 0 Å². The van der Waals surface area contributed by atoms with Crippen LogP contribution in [0.3, 0.4) is 0 Å². The zero-order valence-corrected chi connectivity index (χ0v) is 6.29. The Kier molecular flexibility index (Phi) is 5.59. The lowest BCUT2D eigenvalue weighted by Gasteiger charge is -2.07. The number of hydrogen-bond acceptors (Lipinski definition) is 3. The van der Waals surface area contributed by atoms with Crippen molar-refractivity contribution in [3.05, 3.63) is 0 Å². The zero-order valence-electron chi connectivity index (χ0n) is 5.48. The molecule has 0 aromatic heterocycles. The first kappa shape index (κ1) is 8.27. The maximum absolute atomic E-state index is 5.26. The van der Waals surface area contributed by atoms with E-state index in [2.05, 4.69) is 18.5 Å². The molecule has 1 atom stereocenters. The fourth-order valence-corrected chi connectivity index (χ4v) is 0.654. The van der Waals surface area contributed by atoms with Crippen LogP contribution in [-0.4, -0.2) is 24.7 Å². The molecule has 0 saturated heterocycles. The van der Waals surface area contributed by atoms with Gasteiger partial charge in [-0.05, 0) is 13.2 Å². The maximum Gasteiger partial charge on any atom is 0.0501 e. The molecule has 0 bridgehead atoms. The lowest BCUT2D eigenvalue weighted by molar-refractivity contribution is 0.690. The van der Waals surface area contributed by atoms with Crippen molar-refractivity contribution in [2.45, 2.75) is 12.3 Å². The topological polar surface area (TPSA) is 38.0 Å². The molecule has 1 unspecified atom stereocenters. The van der Waals surface area contributed by atoms with Crippen LogP contribution in [0.4, 0.5) is 0 Å². The maximum atomic E-state index is 5.26. The highest BCUT2D eigenvalue weighted by Crippen LogP contribution is 1.98. The summed E-state index contributed by atoms with van der Waals surface area (Å²) in [6.45, 7) is 3.77. The largest absolute Gasteiger partial charge is 0.329 e. The molecule has 0 aromatic rings. The third kappa shape index (κ3) is 4.43. The number of thioether (sulfide) groups is 1. The minimum absolute atomic E-state index is 0.540. The standard InChI is InChI=1S/C5H14N2S/c1-5(8-2)7-4-3-6/h5,7H,3-4,6H2,1-2H3. The molecule has 0 spiro atoms. The van der Waals surface area contributed by atoms with Gasteiger partial charge in [0.05, 0.1) is 5.37 Å². The third-order valence-electron chi connectivity index (χ3n) is 0.930. The van der Waals surface area contributed by atoms with Crippen molar-refractivity contribution >= 4 is 11.8 Å². The summed E-state index contributed by atoms with van der Waals surface area (Å²) in [6, 6.07) is 0. The van der Waals surface area contributed by atoms with Crippen LogP contribution in [0.1, 0.15) is 6.92 Å². The number of nitrogens with two attached hydrogens (primary N) is 1. The zero-order chi connectivity index (χ0) is 6.41. The second kappa shape index (κ2) is 5.41. The van der Waals surface area contributed by atoms with E-state index in [1.807, 2.05) is 0 Å². The quantitative estimate of drug-likeness (QED) is 0.541. The van der Waals surface area contributed by atoms with Gasteiger partial charge in [0, 0.05) is 13.1 Å². The Morgan fingerprint density at radius 1 is 1.75 bits per heavy atom. The predicted molar refractivity (Wildman–Crippen MR) is 40.0 cm³/mol. The van der Waals surface area contributed by atoms with Gasteiger partial charge in [0.15, 0.2) is 0 Å². The molecule has 0 aliphatic carbocycles. The molecular weight excluding hydrogens is 120 g/mol. The molecule has 0 rings (SSSR count). The normalized spacial score (nSPS) is 13.9. The van der Waals surface area contributed by atoms with Crippen LogP contribution in [0.5, 0.6) is 0 Å². The van der Waals surface area contributed by atoms with Gasteiger partial charge in [-0.1, -0.05) is 0 Å². The summed E-state index contributed by atoms with van der Waals surface area (Å²) in [5.74, 6) is 0. The second-order valence-corrected chi connectivity index (χ2v) is 2.80. The van der Waals surface area contributed by atoms with Crippen molar-refractivity contribution in [1.29, 1.82) is 0 Å². The van der Waals surface area contributed by atoms with Gasteiger partial charge >= 0.3 is 0 Å². The van der Waals surface area contributed by atoms with E-state index < -0.39 is 0 Å². The van der Waals surface area contributed by atoms with E-state index in [9.17, 15) is 0 Å². The van der Waals surface area contributed by atoms with Gasteiger partial charge < -0.3 is 11.1 Å². The van der Waals surface area contributed by atoms with E-state index in [-0.39, 0.29) is 0 Å². The SMILES string of the molecule is CSC(C)NCCN. The average molecular weight is 134 g/mol. The summed E-state index contributed by atoms with van der Waals surface area (Å²) in [4.78, 5) is 0. The van der Waals surface area contributed by atoms with Crippen molar-refractivity contribution in [3.63, 3.8) is 0 Å².